The monoisotopic (exact) mass is 527 g/mol. The Kier molecular flexibility index (Phi) is 7.76. The number of hydrogen-bond acceptors (Lipinski definition) is 5. The van der Waals surface area contributed by atoms with Crippen LogP contribution in [0.2, 0.25) is 5.02 Å². The highest BCUT2D eigenvalue weighted by atomic mass is 35.5. The number of benzene rings is 3. The first-order valence-corrected chi connectivity index (χ1v) is 13.7. The first-order valence-electron chi connectivity index (χ1n) is 11.9. The molecule has 190 valence electrons. The van der Waals surface area contributed by atoms with Crippen LogP contribution in [0.25, 0.3) is 0 Å². The van der Waals surface area contributed by atoms with Gasteiger partial charge in [-0.3, -0.25) is 9.10 Å². The number of carbonyl (C=O) groups excluding carboxylic acids is 1. The van der Waals surface area contributed by atoms with E-state index in [1.54, 1.807) is 36.4 Å². The SMILES string of the molecule is CCN(CC)c1ccc(CNC(=O)[C@H]2CN(S(=O)(=O)c3ccc(C)cc3)c3cc(Cl)ccc3O2)cc1. The topological polar surface area (TPSA) is 79.0 Å². The summed E-state index contributed by atoms with van der Waals surface area (Å²) in [4.78, 5) is 15.5. The van der Waals surface area contributed by atoms with Gasteiger partial charge in [-0.05, 0) is 68.8 Å². The molecule has 0 radical (unpaired) electrons. The standard InChI is InChI=1S/C27H30ClN3O4S/c1-4-30(5-2)22-11-8-20(9-12-22)17-29-27(32)26-18-31(24-16-21(28)10-15-25(24)35-26)36(33,34)23-13-6-19(3)7-14-23/h6-16,26H,4-5,17-18H2,1-3H3,(H,29,32)/t26-/m1/s1. The highest BCUT2D eigenvalue weighted by molar-refractivity contribution is 7.92. The molecule has 0 spiro atoms. The zero-order valence-corrected chi connectivity index (χ0v) is 22.1. The number of nitrogens with zero attached hydrogens (tertiary/aromatic N) is 2. The van der Waals surface area contributed by atoms with Gasteiger partial charge in [-0.25, -0.2) is 8.42 Å². The Labute approximate surface area is 217 Å². The molecular weight excluding hydrogens is 498 g/mol. The van der Waals surface area contributed by atoms with E-state index >= 15 is 0 Å². The summed E-state index contributed by atoms with van der Waals surface area (Å²) < 4.78 is 34.2. The molecule has 0 fully saturated rings. The Balaban J connectivity index is 1.53. The molecule has 1 heterocycles. The molecule has 0 unspecified atom stereocenters. The molecule has 0 aliphatic carbocycles. The Bertz CT molecular complexity index is 1320. The molecule has 36 heavy (non-hydrogen) atoms. The molecular formula is C27H30ClN3O4S. The molecule has 0 aromatic heterocycles. The lowest BCUT2D eigenvalue weighted by Gasteiger charge is -2.35. The molecule has 3 aromatic rings. The van der Waals surface area contributed by atoms with Gasteiger partial charge in [0.05, 0.1) is 17.1 Å². The number of hydrogen-bond donors (Lipinski definition) is 1. The third-order valence-electron chi connectivity index (χ3n) is 6.22. The quantitative estimate of drug-likeness (QED) is 0.456. The van der Waals surface area contributed by atoms with Crippen molar-refractivity contribution in [2.24, 2.45) is 0 Å². The van der Waals surface area contributed by atoms with Gasteiger partial charge >= 0.3 is 0 Å². The van der Waals surface area contributed by atoms with E-state index in [9.17, 15) is 13.2 Å². The fourth-order valence-electron chi connectivity index (χ4n) is 4.14. The van der Waals surface area contributed by atoms with Gasteiger partial charge in [0.2, 0.25) is 0 Å². The second kappa shape index (κ2) is 10.8. The van der Waals surface area contributed by atoms with Crippen LogP contribution in [0.5, 0.6) is 5.75 Å². The summed E-state index contributed by atoms with van der Waals surface area (Å²) in [5.41, 5.74) is 3.31. The van der Waals surface area contributed by atoms with Crippen molar-refractivity contribution in [1.82, 2.24) is 5.32 Å². The van der Waals surface area contributed by atoms with E-state index in [2.05, 4.69) is 24.1 Å². The number of rotatable bonds is 8. The Morgan fingerprint density at radius 3 is 2.36 bits per heavy atom. The highest BCUT2D eigenvalue weighted by Gasteiger charge is 2.37. The van der Waals surface area contributed by atoms with Gasteiger partial charge in [-0.2, -0.15) is 0 Å². The first-order chi connectivity index (χ1) is 17.2. The minimum atomic E-state index is -3.95. The van der Waals surface area contributed by atoms with Crippen molar-refractivity contribution in [2.75, 3.05) is 28.8 Å². The van der Waals surface area contributed by atoms with Crippen molar-refractivity contribution in [3.63, 3.8) is 0 Å². The van der Waals surface area contributed by atoms with Gasteiger partial charge < -0.3 is 15.0 Å². The summed E-state index contributed by atoms with van der Waals surface area (Å²) in [7, 11) is -3.95. The maximum absolute atomic E-state index is 13.5. The number of carbonyl (C=O) groups is 1. The molecule has 1 aliphatic heterocycles. The number of fused-ring (bicyclic) bond motifs is 1. The summed E-state index contributed by atoms with van der Waals surface area (Å²) in [6, 6.07) is 19.3. The number of amides is 1. The minimum Gasteiger partial charge on any atom is -0.476 e. The van der Waals surface area contributed by atoms with E-state index in [0.717, 1.165) is 29.9 Å². The van der Waals surface area contributed by atoms with E-state index in [4.69, 9.17) is 16.3 Å². The maximum atomic E-state index is 13.5. The Morgan fingerprint density at radius 1 is 1.06 bits per heavy atom. The van der Waals surface area contributed by atoms with Gasteiger partial charge in [-0.15, -0.1) is 0 Å². The van der Waals surface area contributed by atoms with Gasteiger partial charge in [0.15, 0.2) is 6.10 Å². The number of ether oxygens (including phenoxy) is 1. The maximum Gasteiger partial charge on any atom is 0.264 e. The summed E-state index contributed by atoms with van der Waals surface area (Å²) in [5, 5.41) is 3.25. The molecule has 0 saturated carbocycles. The number of halogens is 1. The average Bonchev–Trinajstić information content (AvgIpc) is 2.88. The molecule has 0 saturated heterocycles. The van der Waals surface area contributed by atoms with E-state index in [1.807, 2.05) is 31.2 Å². The molecule has 1 N–H and O–H groups in total. The predicted octanol–water partition coefficient (Wildman–Crippen LogP) is 4.77. The van der Waals surface area contributed by atoms with Crippen molar-refractivity contribution in [3.8, 4) is 5.75 Å². The molecule has 0 bridgehead atoms. The van der Waals surface area contributed by atoms with Crippen molar-refractivity contribution in [3.05, 3.63) is 82.9 Å². The molecule has 7 nitrogen and oxygen atoms in total. The third-order valence-corrected chi connectivity index (χ3v) is 8.25. The van der Waals surface area contributed by atoms with Crippen LogP contribution in [-0.4, -0.2) is 40.1 Å². The van der Waals surface area contributed by atoms with E-state index in [-0.39, 0.29) is 17.2 Å². The van der Waals surface area contributed by atoms with Crippen molar-refractivity contribution < 1.29 is 17.9 Å². The molecule has 4 rings (SSSR count). The van der Waals surface area contributed by atoms with Crippen LogP contribution in [0.3, 0.4) is 0 Å². The first kappa shape index (κ1) is 25.9. The lowest BCUT2D eigenvalue weighted by molar-refractivity contribution is -0.127. The van der Waals surface area contributed by atoms with Crippen molar-refractivity contribution in [2.45, 2.75) is 38.3 Å². The van der Waals surface area contributed by atoms with Crippen LogP contribution in [0, 0.1) is 6.92 Å². The van der Waals surface area contributed by atoms with E-state index < -0.39 is 22.0 Å². The average molecular weight is 528 g/mol. The zero-order valence-electron chi connectivity index (χ0n) is 20.6. The summed E-state index contributed by atoms with van der Waals surface area (Å²) >= 11 is 6.17. The summed E-state index contributed by atoms with van der Waals surface area (Å²) in [6.07, 6.45) is -1.02. The van der Waals surface area contributed by atoms with Gasteiger partial charge in [0.1, 0.15) is 5.75 Å². The van der Waals surface area contributed by atoms with Gasteiger partial charge in [0.25, 0.3) is 15.9 Å². The summed E-state index contributed by atoms with van der Waals surface area (Å²) in [6.45, 7) is 8.07. The highest BCUT2D eigenvalue weighted by Crippen LogP contribution is 2.39. The lowest BCUT2D eigenvalue weighted by atomic mass is 10.1. The van der Waals surface area contributed by atoms with Crippen LogP contribution in [0.4, 0.5) is 11.4 Å². The Hall–Kier alpha value is -3.23. The van der Waals surface area contributed by atoms with Crippen LogP contribution in [0.15, 0.2) is 71.6 Å². The van der Waals surface area contributed by atoms with Crippen LogP contribution in [0.1, 0.15) is 25.0 Å². The fraction of sp³-hybridized carbons (Fsp3) is 0.296. The van der Waals surface area contributed by atoms with Crippen LogP contribution < -0.4 is 19.3 Å². The predicted molar refractivity (Wildman–Crippen MR) is 143 cm³/mol. The second-order valence-electron chi connectivity index (χ2n) is 8.62. The Morgan fingerprint density at radius 2 is 1.72 bits per heavy atom. The smallest absolute Gasteiger partial charge is 0.264 e. The minimum absolute atomic E-state index is 0.133. The lowest BCUT2D eigenvalue weighted by Crippen LogP contribution is -2.50. The number of anilines is 2. The number of sulfonamides is 1. The number of nitrogens with one attached hydrogen (secondary N) is 1. The van der Waals surface area contributed by atoms with Crippen molar-refractivity contribution >= 4 is 38.9 Å². The van der Waals surface area contributed by atoms with Gasteiger partial charge in [0, 0.05) is 30.3 Å². The van der Waals surface area contributed by atoms with Crippen LogP contribution >= 0.6 is 11.6 Å². The van der Waals surface area contributed by atoms with E-state index in [0.29, 0.717) is 17.3 Å². The molecule has 3 aromatic carbocycles. The fourth-order valence-corrected chi connectivity index (χ4v) is 5.78. The molecule has 1 aliphatic rings. The number of aryl methyl sites for hydroxylation is 1. The normalized spacial score (nSPS) is 15.1. The summed E-state index contributed by atoms with van der Waals surface area (Å²) in [5.74, 6) is -0.113. The molecule has 1 atom stereocenters. The largest absolute Gasteiger partial charge is 0.476 e. The van der Waals surface area contributed by atoms with Crippen molar-refractivity contribution in [1.29, 1.82) is 0 Å². The van der Waals surface area contributed by atoms with Crippen LogP contribution in [-0.2, 0) is 21.4 Å². The third kappa shape index (κ3) is 5.44. The van der Waals surface area contributed by atoms with E-state index in [1.165, 1.54) is 10.4 Å². The molecule has 9 heteroatoms. The zero-order chi connectivity index (χ0) is 25.9. The molecule has 1 amide bonds. The second-order valence-corrected chi connectivity index (χ2v) is 10.9. The van der Waals surface area contributed by atoms with Gasteiger partial charge in [-0.1, -0.05) is 41.4 Å².